The van der Waals surface area contributed by atoms with Gasteiger partial charge in [0.1, 0.15) is 30.0 Å². The van der Waals surface area contributed by atoms with Crippen LogP contribution in [0.4, 0.5) is 5.82 Å². The number of rotatable bonds is 3. The molecule has 5 heterocycles. The van der Waals surface area contributed by atoms with Crippen LogP contribution < -0.4 is 11.1 Å². The minimum Gasteiger partial charge on any atom is -0.387 e. The number of amides is 2. The topological polar surface area (TPSA) is 174 Å². The van der Waals surface area contributed by atoms with Gasteiger partial charge < -0.3 is 35.5 Å². The van der Waals surface area contributed by atoms with Crippen LogP contribution in [0.3, 0.4) is 0 Å². The Kier molecular flexibility index (Phi) is 4.80. The summed E-state index contributed by atoms with van der Waals surface area (Å²) in [5, 5.41) is 28.9. The second-order valence-corrected chi connectivity index (χ2v) is 7.82. The van der Waals surface area contributed by atoms with Gasteiger partial charge in [-0.3, -0.25) is 14.3 Å². The van der Waals surface area contributed by atoms with Gasteiger partial charge in [-0.1, -0.05) is 0 Å². The van der Waals surface area contributed by atoms with E-state index in [4.69, 9.17) is 10.5 Å². The third kappa shape index (κ3) is 3.18. The number of aryl methyl sites for hydroxylation is 1. The maximum atomic E-state index is 12.9. The minimum atomic E-state index is -1.49. The smallest absolute Gasteiger partial charge is 0.255 e. The zero-order chi connectivity index (χ0) is 22.6. The van der Waals surface area contributed by atoms with E-state index < -0.39 is 30.4 Å². The molecule has 0 radical (unpaired) electrons. The highest BCUT2D eigenvalue weighted by Gasteiger charge is 2.49. The molecule has 2 aliphatic rings. The summed E-state index contributed by atoms with van der Waals surface area (Å²) in [6.45, 7) is 0.468. The van der Waals surface area contributed by atoms with Gasteiger partial charge in [-0.05, 0) is 6.07 Å². The van der Waals surface area contributed by atoms with Crippen molar-refractivity contribution in [3.8, 4) is 11.3 Å². The Morgan fingerprint density at radius 1 is 1.31 bits per heavy atom. The Bertz CT molecular complexity index is 1210. The number of piperazine rings is 1. The summed E-state index contributed by atoms with van der Waals surface area (Å²) in [5.74, 6) is -0.642. The molecule has 32 heavy (non-hydrogen) atoms. The number of aliphatic hydroxyl groups is 2. The third-order valence-electron chi connectivity index (χ3n) is 5.73. The zero-order valence-electron chi connectivity index (χ0n) is 17.1. The lowest BCUT2D eigenvalue weighted by atomic mass is 10.1. The number of nitrogens with zero attached hydrogens (tertiary/aromatic N) is 6. The zero-order valence-corrected chi connectivity index (χ0v) is 17.1. The molecular formula is C19H22N8O5. The summed E-state index contributed by atoms with van der Waals surface area (Å²) in [5.41, 5.74) is 7.70. The lowest BCUT2D eigenvalue weighted by molar-refractivity contribution is -0.152. The van der Waals surface area contributed by atoms with E-state index >= 15 is 0 Å². The summed E-state index contributed by atoms with van der Waals surface area (Å²) in [6, 6.07) is 1.79. The van der Waals surface area contributed by atoms with Crippen molar-refractivity contribution in [2.24, 2.45) is 7.05 Å². The SMILES string of the molecule is Cn1ccc(-c2cn([C@@H]3O[C@H](C(=O)N4CCNC(=O)C4)[C@@H](O)[C@H]3O)c3ncnc(N)c23)n1. The number of carbonyl (C=O) groups is 2. The fraction of sp³-hybridized carbons (Fsp3) is 0.421. The van der Waals surface area contributed by atoms with E-state index in [1.165, 1.54) is 15.8 Å². The maximum Gasteiger partial charge on any atom is 0.255 e. The first-order valence-corrected chi connectivity index (χ1v) is 10.0. The summed E-state index contributed by atoms with van der Waals surface area (Å²) in [4.78, 5) is 34.2. The molecule has 2 amide bonds. The summed E-state index contributed by atoms with van der Waals surface area (Å²) in [7, 11) is 1.78. The van der Waals surface area contributed by atoms with Gasteiger partial charge in [0.25, 0.3) is 5.91 Å². The minimum absolute atomic E-state index is 0.133. The molecule has 0 unspecified atom stereocenters. The number of anilines is 1. The number of aromatic nitrogens is 5. The number of ether oxygens (including phenoxy) is 1. The maximum absolute atomic E-state index is 12.9. The van der Waals surface area contributed by atoms with Crippen molar-refractivity contribution in [1.29, 1.82) is 0 Å². The van der Waals surface area contributed by atoms with Crippen LogP contribution in [-0.4, -0.2) is 89.2 Å². The van der Waals surface area contributed by atoms with Crippen LogP contribution in [0, 0.1) is 0 Å². The lowest BCUT2D eigenvalue weighted by Gasteiger charge is -2.29. The van der Waals surface area contributed by atoms with E-state index in [1.807, 2.05) is 0 Å². The van der Waals surface area contributed by atoms with Crippen molar-refractivity contribution < 1.29 is 24.5 Å². The van der Waals surface area contributed by atoms with Crippen LogP contribution in [-0.2, 0) is 21.4 Å². The number of nitrogens with one attached hydrogen (secondary N) is 1. The van der Waals surface area contributed by atoms with Gasteiger partial charge in [0.05, 0.1) is 17.6 Å². The molecule has 13 heteroatoms. The van der Waals surface area contributed by atoms with E-state index in [-0.39, 0.29) is 24.8 Å². The number of hydrogen-bond donors (Lipinski definition) is 4. The van der Waals surface area contributed by atoms with E-state index in [2.05, 4.69) is 20.4 Å². The van der Waals surface area contributed by atoms with Gasteiger partial charge in [-0.2, -0.15) is 5.10 Å². The first-order chi connectivity index (χ1) is 15.3. The largest absolute Gasteiger partial charge is 0.387 e. The quantitative estimate of drug-likeness (QED) is 0.357. The van der Waals surface area contributed by atoms with Crippen molar-refractivity contribution in [1.82, 2.24) is 34.5 Å². The van der Waals surface area contributed by atoms with E-state index in [1.54, 1.807) is 30.2 Å². The number of fused-ring (bicyclic) bond motifs is 1. The molecule has 5 rings (SSSR count). The van der Waals surface area contributed by atoms with Crippen molar-refractivity contribution >= 4 is 28.7 Å². The molecule has 2 fully saturated rings. The summed E-state index contributed by atoms with van der Waals surface area (Å²) in [6.07, 6.45) is -0.670. The van der Waals surface area contributed by atoms with Crippen LogP contribution in [0.5, 0.6) is 0 Å². The van der Waals surface area contributed by atoms with Gasteiger partial charge in [0.15, 0.2) is 12.3 Å². The first kappa shape index (κ1) is 20.4. The fourth-order valence-electron chi connectivity index (χ4n) is 4.16. The molecule has 168 valence electrons. The Balaban J connectivity index is 1.52. The Morgan fingerprint density at radius 3 is 2.84 bits per heavy atom. The molecule has 0 bridgehead atoms. The van der Waals surface area contributed by atoms with Crippen LogP contribution in [0.15, 0.2) is 24.8 Å². The number of hydrogen-bond acceptors (Lipinski definition) is 9. The molecule has 4 atom stereocenters. The molecular weight excluding hydrogens is 420 g/mol. The molecule has 0 saturated carbocycles. The number of carbonyl (C=O) groups excluding carboxylic acids is 2. The van der Waals surface area contributed by atoms with Gasteiger partial charge >= 0.3 is 0 Å². The number of nitrogen functional groups attached to an aromatic ring is 1. The average Bonchev–Trinajstić information content (AvgIpc) is 3.45. The lowest BCUT2D eigenvalue weighted by Crippen LogP contribution is -2.54. The van der Waals surface area contributed by atoms with Crippen molar-refractivity contribution in [2.75, 3.05) is 25.4 Å². The molecule has 5 N–H and O–H groups in total. The predicted molar refractivity (Wildman–Crippen MR) is 110 cm³/mol. The van der Waals surface area contributed by atoms with Crippen LogP contribution in [0.25, 0.3) is 22.3 Å². The number of aliphatic hydroxyl groups excluding tert-OH is 2. The predicted octanol–water partition coefficient (Wildman–Crippen LogP) is -2.01. The summed E-state index contributed by atoms with van der Waals surface area (Å²) >= 11 is 0. The monoisotopic (exact) mass is 442 g/mol. The second-order valence-electron chi connectivity index (χ2n) is 7.82. The Hall–Kier alpha value is -3.55. The fourth-order valence-corrected chi connectivity index (χ4v) is 4.16. The molecule has 13 nitrogen and oxygen atoms in total. The normalized spacial score (nSPS) is 26.0. The Morgan fingerprint density at radius 2 is 2.12 bits per heavy atom. The highest BCUT2D eigenvalue weighted by Crippen LogP contribution is 2.38. The van der Waals surface area contributed by atoms with Crippen molar-refractivity contribution in [2.45, 2.75) is 24.5 Å². The van der Waals surface area contributed by atoms with Crippen LogP contribution in [0.1, 0.15) is 6.23 Å². The highest BCUT2D eigenvalue weighted by atomic mass is 16.6. The standard InChI is InChI=1S/C19H22N8O5/c1-25-4-2-10(24-25)9-6-27(17-12(9)16(20)22-8-23-17)19-14(30)13(29)15(32-19)18(31)26-5-3-21-11(28)7-26/h2,4,6,8,13-15,19,29-30H,3,5,7H2,1H3,(H,21,28)(H2,20,22,23)/t13-,14+,15-,19+/m0/s1. The van der Waals surface area contributed by atoms with Crippen molar-refractivity contribution in [3.63, 3.8) is 0 Å². The van der Waals surface area contributed by atoms with E-state index in [0.717, 1.165) is 0 Å². The summed E-state index contributed by atoms with van der Waals surface area (Å²) < 4.78 is 8.98. The number of nitrogens with two attached hydrogens (primary N) is 1. The van der Waals surface area contributed by atoms with Crippen LogP contribution >= 0.6 is 0 Å². The van der Waals surface area contributed by atoms with Crippen LogP contribution in [0.2, 0.25) is 0 Å². The molecule has 2 saturated heterocycles. The van der Waals surface area contributed by atoms with Gasteiger partial charge in [-0.25, -0.2) is 9.97 Å². The molecule has 2 aliphatic heterocycles. The van der Waals surface area contributed by atoms with Gasteiger partial charge in [0.2, 0.25) is 5.91 Å². The molecule has 0 aliphatic carbocycles. The van der Waals surface area contributed by atoms with Crippen molar-refractivity contribution in [3.05, 3.63) is 24.8 Å². The third-order valence-corrected chi connectivity index (χ3v) is 5.73. The molecule has 3 aromatic heterocycles. The Labute approximate surface area is 181 Å². The van der Waals surface area contributed by atoms with Gasteiger partial charge in [-0.15, -0.1) is 0 Å². The highest BCUT2D eigenvalue weighted by molar-refractivity contribution is 6.00. The average molecular weight is 442 g/mol. The van der Waals surface area contributed by atoms with Gasteiger partial charge in [0, 0.05) is 38.1 Å². The first-order valence-electron chi connectivity index (χ1n) is 10.0. The molecule has 0 spiro atoms. The molecule has 3 aromatic rings. The second kappa shape index (κ2) is 7.55. The van der Waals surface area contributed by atoms with E-state index in [9.17, 15) is 19.8 Å². The van der Waals surface area contributed by atoms with E-state index in [0.29, 0.717) is 28.8 Å². The molecule has 0 aromatic carbocycles.